The molecule has 9 rings (SSSR count). The largest absolute Gasteiger partial charge is 0.497 e. The van der Waals surface area contributed by atoms with Crippen LogP contribution in [0.5, 0.6) is 28.7 Å². The number of carbonyl (C=O) groups excluding carboxylic acids is 1. The molecule has 0 radical (unpaired) electrons. The minimum atomic E-state index is -4.06. The number of para-hydroxylation sites is 1. The lowest BCUT2D eigenvalue weighted by Gasteiger charge is -2.49. The predicted octanol–water partition coefficient (Wildman–Crippen LogP) is 7.41. The van der Waals surface area contributed by atoms with Crippen LogP contribution in [0.2, 0.25) is 0 Å². The van der Waals surface area contributed by atoms with Gasteiger partial charge in [0.25, 0.3) is 5.91 Å². The van der Waals surface area contributed by atoms with Crippen LogP contribution < -0.4 is 29.1 Å². The molecule has 0 bridgehead atoms. The summed E-state index contributed by atoms with van der Waals surface area (Å²) in [5.41, 5.74) is 5.06. The number of rotatable bonds is 18. The highest BCUT2D eigenvalue weighted by molar-refractivity contribution is 7.89. The number of benzene rings is 4. The molecule has 17 heteroatoms. The number of allylic oxidation sites excluding steroid dienone is 1. The molecule has 4 aliphatic rings. The molecule has 1 fully saturated rings. The van der Waals surface area contributed by atoms with Crippen molar-refractivity contribution in [2.75, 3.05) is 81.5 Å². The molecular weight excluding hydrogens is 943 g/mol. The van der Waals surface area contributed by atoms with Crippen LogP contribution in [0, 0.1) is 11.8 Å². The van der Waals surface area contributed by atoms with E-state index in [4.69, 9.17) is 37.6 Å². The summed E-state index contributed by atoms with van der Waals surface area (Å²) in [4.78, 5) is 34.3. The van der Waals surface area contributed by atoms with E-state index in [1.807, 2.05) is 17.0 Å². The standard InChI is InChI=1S/C55H65N3O13S/c1-7-34-32-56-18-16-35-26-48(65-3)50(67-5)30-42(35)45(56)24-37(34)25-46-43-31-51(68-6)49(66-4)27-36(43)17-19-58(46)55(61)52-28-38(44-33-70-47-11-9-8-10-41(47)54(44)60)29-53(71-52)69-23-21-57(20-22-59)72(62,63)40-14-12-39(64-2)13-15-40/h8-15,26-28,30-31,33-34,37-38,45-46,53,59H,7,16-25,29,32H2,1-6H3/t34-,37+,38+,45-,46+,53-/m0/s1. The maximum absolute atomic E-state index is 15.5. The van der Waals surface area contributed by atoms with E-state index in [9.17, 15) is 18.3 Å². The fourth-order valence-corrected chi connectivity index (χ4v) is 12.7. The molecule has 0 spiro atoms. The van der Waals surface area contributed by atoms with E-state index < -0.39 is 34.9 Å². The first kappa shape index (κ1) is 50.8. The first-order chi connectivity index (χ1) is 34.9. The summed E-state index contributed by atoms with van der Waals surface area (Å²) in [5.74, 6) is 2.64. The van der Waals surface area contributed by atoms with Gasteiger partial charge in [0, 0.05) is 56.7 Å². The van der Waals surface area contributed by atoms with E-state index >= 15 is 4.79 Å². The van der Waals surface area contributed by atoms with Gasteiger partial charge in [-0.05, 0) is 127 Å². The molecule has 0 unspecified atom stereocenters. The zero-order chi connectivity index (χ0) is 50.7. The lowest BCUT2D eigenvalue weighted by atomic mass is 9.72. The summed E-state index contributed by atoms with van der Waals surface area (Å²) < 4.78 is 76.0. The van der Waals surface area contributed by atoms with Crippen LogP contribution in [-0.4, -0.2) is 121 Å². The number of methoxy groups -OCH3 is 5. The van der Waals surface area contributed by atoms with E-state index in [0.29, 0.717) is 64.8 Å². The van der Waals surface area contributed by atoms with Crippen molar-refractivity contribution in [3.05, 3.63) is 129 Å². The van der Waals surface area contributed by atoms with Crippen LogP contribution >= 0.6 is 0 Å². The molecule has 1 aromatic heterocycles. The number of aliphatic hydroxyl groups excluding tert-OH is 1. The van der Waals surface area contributed by atoms with Crippen molar-refractivity contribution in [1.29, 1.82) is 0 Å². The summed E-state index contributed by atoms with van der Waals surface area (Å²) in [7, 11) is 4.00. The number of hydrogen-bond acceptors (Lipinski definition) is 14. The number of amides is 1. The zero-order valence-electron chi connectivity index (χ0n) is 41.8. The van der Waals surface area contributed by atoms with Crippen LogP contribution in [0.3, 0.4) is 0 Å². The molecule has 5 aromatic rings. The summed E-state index contributed by atoms with van der Waals surface area (Å²) in [6, 6.07) is 21.0. The first-order valence-corrected chi connectivity index (χ1v) is 26.2. The number of carbonyl (C=O) groups is 1. The van der Waals surface area contributed by atoms with Crippen molar-refractivity contribution in [2.45, 2.75) is 74.6 Å². The summed E-state index contributed by atoms with van der Waals surface area (Å²) in [6.45, 7) is 3.58. The average Bonchev–Trinajstić information content (AvgIpc) is 3.41. The molecule has 0 saturated carbocycles. The van der Waals surface area contributed by atoms with E-state index in [0.717, 1.165) is 53.5 Å². The van der Waals surface area contributed by atoms with E-state index in [2.05, 4.69) is 24.0 Å². The molecule has 384 valence electrons. The third-order valence-electron chi connectivity index (χ3n) is 15.2. The number of piperidine rings is 1. The van der Waals surface area contributed by atoms with Crippen LogP contribution in [0.25, 0.3) is 11.0 Å². The highest BCUT2D eigenvalue weighted by Crippen LogP contribution is 2.50. The van der Waals surface area contributed by atoms with E-state index in [-0.39, 0.29) is 60.1 Å². The zero-order valence-corrected chi connectivity index (χ0v) is 42.7. The van der Waals surface area contributed by atoms with Gasteiger partial charge in [0.1, 0.15) is 11.3 Å². The van der Waals surface area contributed by atoms with E-state index in [1.54, 1.807) is 70.9 Å². The number of ether oxygens (including phenoxy) is 7. The van der Waals surface area contributed by atoms with Crippen molar-refractivity contribution in [3.8, 4) is 28.7 Å². The minimum absolute atomic E-state index is 0.0138. The van der Waals surface area contributed by atoms with Crippen LogP contribution in [0.4, 0.5) is 0 Å². The quantitative estimate of drug-likeness (QED) is 0.0919. The predicted molar refractivity (Wildman–Crippen MR) is 269 cm³/mol. The Bertz CT molecular complexity index is 2960. The van der Waals surface area contributed by atoms with Crippen molar-refractivity contribution >= 4 is 26.9 Å². The topological polar surface area (TPSA) is 176 Å². The highest BCUT2D eigenvalue weighted by Gasteiger charge is 2.44. The Morgan fingerprint density at radius 3 is 2.14 bits per heavy atom. The fourth-order valence-electron chi connectivity index (χ4n) is 11.3. The molecule has 4 aliphatic heterocycles. The number of nitrogens with zero attached hydrogens (tertiary/aromatic N) is 3. The van der Waals surface area contributed by atoms with Gasteiger partial charge < -0.3 is 47.6 Å². The Kier molecular flexibility index (Phi) is 15.5. The van der Waals surface area contributed by atoms with Gasteiger partial charge in [0.2, 0.25) is 16.3 Å². The Morgan fingerprint density at radius 2 is 1.46 bits per heavy atom. The number of hydrogen-bond donors (Lipinski definition) is 1. The van der Waals surface area contributed by atoms with Crippen molar-refractivity contribution in [1.82, 2.24) is 14.1 Å². The van der Waals surface area contributed by atoms with Crippen LogP contribution in [-0.2, 0) is 37.1 Å². The lowest BCUT2D eigenvalue weighted by molar-refractivity contribution is -0.155. The normalized spacial score (nSPS) is 22.0. The molecule has 0 aliphatic carbocycles. The maximum atomic E-state index is 15.5. The van der Waals surface area contributed by atoms with Crippen molar-refractivity contribution < 1.29 is 55.9 Å². The number of fused-ring (bicyclic) bond motifs is 5. The second kappa shape index (κ2) is 21.9. The van der Waals surface area contributed by atoms with Gasteiger partial charge >= 0.3 is 0 Å². The van der Waals surface area contributed by atoms with Gasteiger partial charge in [-0.2, -0.15) is 4.31 Å². The van der Waals surface area contributed by atoms with Gasteiger partial charge in [0.15, 0.2) is 34.2 Å². The number of aliphatic hydroxyl groups is 1. The molecule has 4 aromatic carbocycles. The second-order valence-electron chi connectivity index (χ2n) is 18.8. The highest BCUT2D eigenvalue weighted by atomic mass is 32.2. The van der Waals surface area contributed by atoms with Gasteiger partial charge in [0.05, 0.1) is 71.3 Å². The van der Waals surface area contributed by atoms with E-state index in [1.165, 1.54) is 36.6 Å². The number of sulfonamides is 1. The Morgan fingerprint density at radius 1 is 0.792 bits per heavy atom. The molecule has 1 N–H and O–H groups in total. The third-order valence-corrected chi connectivity index (χ3v) is 17.1. The SMILES string of the molecule is CC[C@H]1CN2CCc3cc(OC)c(OC)cc3[C@@H]2C[C@@H]1C[C@@H]1c2cc(OC)c(OC)cc2CCN1C(=O)C1=C[C@@H](c2coc3ccccc3c2=O)C[C@@H](OCCN(CCO)S(=O)(=O)c2ccc(OC)cc2)O1. The van der Waals surface area contributed by atoms with Crippen LogP contribution in [0.1, 0.15) is 78.4 Å². The molecule has 1 amide bonds. The lowest BCUT2D eigenvalue weighted by Crippen LogP contribution is -2.48. The summed E-state index contributed by atoms with van der Waals surface area (Å²) >= 11 is 0. The first-order valence-electron chi connectivity index (χ1n) is 24.7. The molecule has 6 atom stereocenters. The summed E-state index contributed by atoms with van der Waals surface area (Å²) in [5, 5.41) is 10.4. The van der Waals surface area contributed by atoms with Gasteiger partial charge in [-0.1, -0.05) is 25.5 Å². The smallest absolute Gasteiger partial charge is 0.289 e. The molecule has 1 saturated heterocycles. The van der Waals surface area contributed by atoms with Crippen molar-refractivity contribution in [2.24, 2.45) is 11.8 Å². The van der Waals surface area contributed by atoms with Gasteiger partial charge in [-0.15, -0.1) is 0 Å². The molecule has 5 heterocycles. The maximum Gasteiger partial charge on any atom is 0.289 e. The van der Waals surface area contributed by atoms with Gasteiger partial charge in [-0.3, -0.25) is 14.5 Å². The molecular formula is C55H65N3O13S. The molecule has 16 nitrogen and oxygen atoms in total. The minimum Gasteiger partial charge on any atom is -0.497 e. The van der Waals surface area contributed by atoms with Gasteiger partial charge in [-0.25, -0.2) is 8.42 Å². The van der Waals surface area contributed by atoms with Crippen LogP contribution in [0.15, 0.2) is 105 Å². The monoisotopic (exact) mass is 1010 g/mol. The second-order valence-corrected chi connectivity index (χ2v) is 20.8. The van der Waals surface area contributed by atoms with Crippen molar-refractivity contribution in [3.63, 3.8) is 0 Å². The summed E-state index contributed by atoms with van der Waals surface area (Å²) in [6.07, 6.45) is 6.15. The third kappa shape index (κ3) is 10.0. The Hall–Kier alpha value is -6.11. The Labute approximate surface area is 421 Å². The fraction of sp³-hybridized carbons (Fsp3) is 0.455. The average molecular weight is 1010 g/mol. The Balaban J connectivity index is 1.05. The molecule has 72 heavy (non-hydrogen) atoms.